The van der Waals surface area contributed by atoms with Crippen molar-refractivity contribution in [3.8, 4) is 5.75 Å². The Bertz CT molecular complexity index is 1210. The largest absolute Gasteiger partial charge is 0.497 e. The molecule has 0 saturated heterocycles. The van der Waals surface area contributed by atoms with E-state index < -0.39 is 0 Å². The normalized spacial score (nSPS) is 12.4. The minimum atomic E-state index is -0.0313. The number of nitrogens with zero attached hydrogens (tertiary/aromatic N) is 2. The van der Waals surface area contributed by atoms with Crippen LogP contribution in [-0.2, 0) is 13.1 Å². The number of hydrogen-bond donors (Lipinski definition) is 1. The summed E-state index contributed by atoms with van der Waals surface area (Å²) in [6.45, 7) is 3.52. The molecule has 142 valence electrons. The minimum absolute atomic E-state index is 0.0313. The standard InChI is InChI=1S/C23H23N3O2/c1-16-4-9-22-24-20(12-23(27)26(22)13-16)15-25(2)14-17-5-6-19-11-21(28-3)8-7-18(19)10-17/h4-13H,14-15H2,1-3H3/p+1. The fourth-order valence-corrected chi connectivity index (χ4v) is 3.58. The Labute approximate surface area is 163 Å². The molecule has 0 spiro atoms. The lowest BCUT2D eigenvalue weighted by Gasteiger charge is -2.14. The smallest absolute Gasteiger partial charge is 0.258 e. The molecular weight excluding hydrogens is 350 g/mol. The van der Waals surface area contributed by atoms with Gasteiger partial charge in [0.25, 0.3) is 5.56 Å². The van der Waals surface area contributed by atoms with E-state index in [0.29, 0.717) is 12.2 Å². The molecule has 0 radical (unpaired) electrons. The minimum Gasteiger partial charge on any atom is -0.497 e. The third kappa shape index (κ3) is 3.75. The summed E-state index contributed by atoms with van der Waals surface area (Å²) in [7, 11) is 3.80. The SMILES string of the molecule is COc1ccc2cc(C[NH+](C)Cc3cc(=O)n4cc(C)ccc4n3)ccc2c1. The lowest BCUT2D eigenvalue weighted by Crippen LogP contribution is -3.06. The number of ether oxygens (including phenoxy) is 1. The van der Waals surface area contributed by atoms with Crippen LogP contribution in [0.4, 0.5) is 0 Å². The molecule has 0 aliphatic carbocycles. The molecule has 5 nitrogen and oxygen atoms in total. The van der Waals surface area contributed by atoms with E-state index in [1.54, 1.807) is 17.6 Å². The van der Waals surface area contributed by atoms with Crippen LogP contribution in [0.1, 0.15) is 16.8 Å². The van der Waals surface area contributed by atoms with Crippen molar-refractivity contribution in [2.24, 2.45) is 0 Å². The van der Waals surface area contributed by atoms with E-state index in [1.807, 2.05) is 37.4 Å². The molecule has 0 aliphatic heterocycles. The van der Waals surface area contributed by atoms with Crippen molar-refractivity contribution in [1.82, 2.24) is 9.38 Å². The van der Waals surface area contributed by atoms with Crippen molar-refractivity contribution in [3.05, 3.63) is 88.0 Å². The van der Waals surface area contributed by atoms with Gasteiger partial charge in [0.05, 0.1) is 14.2 Å². The van der Waals surface area contributed by atoms with E-state index in [-0.39, 0.29) is 5.56 Å². The summed E-state index contributed by atoms with van der Waals surface area (Å²) in [6.07, 6.45) is 1.83. The van der Waals surface area contributed by atoms with Crippen LogP contribution in [0.3, 0.4) is 0 Å². The summed E-state index contributed by atoms with van der Waals surface area (Å²) in [4.78, 5) is 18.3. The van der Waals surface area contributed by atoms with Gasteiger partial charge in [-0.1, -0.05) is 24.3 Å². The summed E-state index contributed by atoms with van der Waals surface area (Å²) in [5.41, 5.74) is 3.78. The second-order valence-electron chi connectivity index (χ2n) is 7.38. The van der Waals surface area contributed by atoms with Gasteiger partial charge in [-0.25, -0.2) is 4.98 Å². The molecule has 1 N–H and O–H groups in total. The average Bonchev–Trinajstić information content (AvgIpc) is 2.68. The number of methoxy groups -OCH3 is 1. The van der Waals surface area contributed by atoms with Crippen LogP contribution in [0, 0.1) is 6.92 Å². The van der Waals surface area contributed by atoms with Gasteiger partial charge in [0.1, 0.15) is 30.2 Å². The Hall–Kier alpha value is -3.18. The highest BCUT2D eigenvalue weighted by Crippen LogP contribution is 2.21. The first kappa shape index (κ1) is 18.2. The molecule has 1 atom stereocenters. The van der Waals surface area contributed by atoms with Gasteiger partial charge in [-0.3, -0.25) is 9.20 Å². The van der Waals surface area contributed by atoms with E-state index in [1.165, 1.54) is 21.2 Å². The molecule has 28 heavy (non-hydrogen) atoms. The maximum absolute atomic E-state index is 12.4. The number of rotatable bonds is 5. The van der Waals surface area contributed by atoms with E-state index in [9.17, 15) is 4.79 Å². The summed E-state index contributed by atoms with van der Waals surface area (Å²) >= 11 is 0. The van der Waals surface area contributed by atoms with Crippen LogP contribution >= 0.6 is 0 Å². The molecule has 0 amide bonds. The fraction of sp³-hybridized carbons (Fsp3) is 0.217. The summed E-state index contributed by atoms with van der Waals surface area (Å²) in [5.74, 6) is 0.867. The molecule has 0 aliphatic rings. The predicted octanol–water partition coefficient (Wildman–Crippen LogP) is 2.38. The van der Waals surface area contributed by atoms with Gasteiger partial charge >= 0.3 is 0 Å². The van der Waals surface area contributed by atoms with Crippen LogP contribution in [0.2, 0.25) is 0 Å². The number of nitrogens with one attached hydrogen (secondary N) is 1. The molecule has 2 aromatic heterocycles. The van der Waals surface area contributed by atoms with Crippen LogP contribution in [0.15, 0.2) is 65.6 Å². The van der Waals surface area contributed by atoms with Crippen molar-refractivity contribution in [2.75, 3.05) is 14.2 Å². The zero-order chi connectivity index (χ0) is 19.7. The predicted molar refractivity (Wildman–Crippen MR) is 111 cm³/mol. The molecule has 0 bridgehead atoms. The Balaban J connectivity index is 1.53. The first-order chi connectivity index (χ1) is 13.5. The van der Waals surface area contributed by atoms with Crippen LogP contribution in [0.25, 0.3) is 16.4 Å². The van der Waals surface area contributed by atoms with Gasteiger partial charge in [-0.05, 0) is 47.5 Å². The maximum Gasteiger partial charge on any atom is 0.258 e. The van der Waals surface area contributed by atoms with E-state index >= 15 is 0 Å². The molecule has 4 aromatic rings. The van der Waals surface area contributed by atoms with Crippen molar-refractivity contribution in [1.29, 1.82) is 0 Å². The van der Waals surface area contributed by atoms with Gasteiger partial charge < -0.3 is 9.64 Å². The number of hydrogen-bond acceptors (Lipinski definition) is 3. The Morgan fingerprint density at radius 1 is 1.00 bits per heavy atom. The number of quaternary nitrogens is 1. The average molecular weight is 374 g/mol. The molecule has 0 saturated carbocycles. The molecule has 1 unspecified atom stereocenters. The second kappa shape index (κ2) is 7.44. The molecule has 2 aromatic carbocycles. The van der Waals surface area contributed by atoms with Gasteiger partial charge in [0.15, 0.2) is 0 Å². The Morgan fingerprint density at radius 2 is 1.79 bits per heavy atom. The fourth-order valence-electron chi connectivity index (χ4n) is 3.58. The summed E-state index contributed by atoms with van der Waals surface area (Å²) in [5, 5.41) is 2.36. The lowest BCUT2D eigenvalue weighted by molar-refractivity contribution is -0.908. The number of benzene rings is 2. The van der Waals surface area contributed by atoms with Crippen LogP contribution < -0.4 is 15.2 Å². The highest BCUT2D eigenvalue weighted by Gasteiger charge is 2.10. The lowest BCUT2D eigenvalue weighted by atomic mass is 10.1. The van der Waals surface area contributed by atoms with Gasteiger partial charge in [0.2, 0.25) is 0 Å². The van der Waals surface area contributed by atoms with E-state index in [2.05, 4.69) is 36.3 Å². The van der Waals surface area contributed by atoms with Gasteiger partial charge in [-0.2, -0.15) is 0 Å². The monoisotopic (exact) mass is 374 g/mol. The van der Waals surface area contributed by atoms with Gasteiger partial charge in [-0.15, -0.1) is 0 Å². The number of aryl methyl sites for hydroxylation is 1. The zero-order valence-electron chi connectivity index (χ0n) is 16.4. The van der Waals surface area contributed by atoms with Gasteiger partial charge in [0, 0.05) is 17.8 Å². The number of aromatic nitrogens is 2. The van der Waals surface area contributed by atoms with Crippen molar-refractivity contribution in [2.45, 2.75) is 20.0 Å². The first-order valence-electron chi connectivity index (χ1n) is 9.39. The topological polar surface area (TPSA) is 48.0 Å². The quantitative estimate of drug-likeness (QED) is 0.584. The number of pyridine rings is 1. The van der Waals surface area contributed by atoms with E-state index in [4.69, 9.17) is 4.74 Å². The molecule has 5 heteroatoms. The third-order valence-corrected chi connectivity index (χ3v) is 4.96. The highest BCUT2D eigenvalue weighted by molar-refractivity contribution is 5.84. The third-order valence-electron chi connectivity index (χ3n) is 4.96. The van der Waals surface area contributed by atoms with Crippen LogP contribution in [0.5, 0.6) is 5.75 Å². The molecular formula is C23H24N3O2+. The van der Waals surface area contributed by atoms with Crippen molar-refractivity contribution >= 4 is 16.4 Å². The molecule has 4 rings (SSSR count). The molecule has 2 heterocycles. The first-order valence-corrected chi connectivity index (χ1v) is 9.39. The Morgan fingerprint density at radius 3 is 2.61 bits per heavy atom. The molecule has 0 fully saturated rings. The summed E-state index contributed by atoms with van der Waals surface area (Å²) in [6, 6.07) is 18.1. The Kier molecular flexibility index (Phi) is 4.84. The maximum atomic E-state index is 12.4. The van der Waals surface area contributed by atoms with Crippen LogP contribution in [-0.4, -0.2) is 23.5 Å². The number of fused-ring (bicyclic) bond motifs is 2. The second-order valence-corrected chi connectivity index (χ2v) is 7.38. The van der Waals surface area contributed by atoms with E-state index in [0.717, 1.165) is 23.6 Å². The van der Waals surface area contributed by atoms with Crippen molar-refractivity contribution in [3.63, 3.8) is 0 Å². The zero-order valence-corrected chi connectivity index (χ0v) is 16.4. The highest BCUT2D eigenvalue weighted by atomic mass is 16.5. The van der Waals surface area contributed by atoms with Crippen molar-refractivity contribution < 1.29 is 9.64 Å². The summed E-state index contributed by atoms with van der Waals surface area (Å²) < 4.78 is 6.89.